The third-order valence-electron chi connectivity index (χ3n) is 5.91. The quantitative estimate of drug-likeness (QED) is 0.567. The van der Waals surface area contributed by atoms with Crippen LogP contribution in [-0.2, 0) is 22.2 Å². The van der Waals surface area contributed by atoms with E-state index in [1.165, 1.54) is 5.69 Å². The highest BCUT2D eigenvalue weighted by Crippen LogP contribution is 2.47. The third kappa shape index (κ3) is 3.71. The largest absolute Gasteiger partial charge is 0.378 e. The summed E-state index contributed by atoms with van der Waals surface area (Å²) in [7, 11) is 4.06. The molecular weight excluding hydrogens is 396 g/mol. The summed E-state index contributed by atoms with van der Waals surface area (Å²) in [6.07, 6.45) is 8.68. The maximum Gasteiger partial charge on any atom is 0.188 e. The molecule has 1 saturated heterocycles. The molecule has 2 aromatic rings. The van der Waals surface area contributed by atoms with E-state index in [9.17, 15) is 8.76 Å². The van der Waals surface area contributed by atoms with Crippen LogP contribution in [0, 0.1) is 0 Å². The van der Waals surface area contributed by atoms with E-state index in [0.29, 0.717) is 4.90 Å². The molecule has 2 aliphatic heterocycles. The number of ether oxygens (including phenoxy) is 1. The van der Waals surface area contributed by atoms with Crippen molar-refractivity contribution in [3.63, 3.8) is 0 Å². The highest BCUT2D eigenvalue weighted by molar-refractivity contribution is 7.79. The van der Waals surface area contributed by atoms with E-state index >= 15 is 0 Å². The second-order valence-electron chi connectivity index (χ2n) is 8.48. The highest BCUT2D eigenvalue weighted by atomic mass is 32.2. The minimum Gasteiger partial charge on any atom is -0.378 e. The molecule has 6 heteroatoms. The molecule has 158 valence electrons. The highest BCUT2D eigenvalue weighted by Gasteiger charge is 2.51. The van der Waals surface area contributed by atoms with E-state index in [2.05, 4.69) is 60.1 Å². The summed E-state index contributed by atoms with van der Waals surface area (Å²) in [6, 6.07) is 14.0. The first kappa shape index (κ1) is 20.8. The van der Waals surface area contributed by atoms with Crippen molar-refractivity contribution >= 4 is 28.5 Å². The molecule has 3 unspecified atom stereocenters. The van der Waals surface area contributed by atoms with Crippen molar-refractivity contribution in [2.75, 3.05) is 23.9 Å². The van der Waals surface area contributed by atoms with Crippen molar-refractivity contribution < 1.29 is 13.5 Å². The van der Waals surface area contributed by atoms with E-state index < -0.39 is 11.1 Å². The molecule has 2 aliphatic rings. The van der Waals surface area contributed by atoms with Gasteiger partial charge in [-0.15, -0.1) is 0 Å². The monoisotopic (exact) mass is 424 g/mol. The summed E-state index contributed by atoms with van der Waals surface area (Å²) in [6.45, 7) is 4.25. The molecule has 0 saturated carbocycles. The Morgan fingerprint density at radius 3 is 2.57 bits per heavy atom. The topological polar surface area (TPSA) is 53.0 Å². The summed E-state index contributed by atoms with van der Waals surface area (Å²) < 4.78 is 27.9. The van der Waals surface area contributed by atoms with E-state index in [4.69, 9.17) is 4.74 Å². The molecule has 0 amide bonds. The van der Waals surface area contributed by atoms with Gasteiger partial charge in [-0.05, 0) is 43.2 Å². The summed E-state index contributed by atoms with van der Waals surface area (Å²) >= 11 is -2.03. The molecule has 5 nitrogen and oxygen atoms in total. The average molecular weight is 425 g/mol. The van der Waals surface area contributed by atoms with Crippen LogP contribution in [0.25, 0.3) is 6.08 Å². The van der Waals surface area contributed by atoms with E-state index in [0.717, 1.165) is 23.2 Å². The molecule has 2 aromatic carbocycles. The maximum absolute atomic E-state index is 11.9. The molecule has 0 radical (unpaired) electrons. The number of anilines is 2. The SMILES string of the molecule is CN(C)c1ccc(C=CC=CC2OC3Cc4cccc(S(=O)O)c4N3C2(C)C)cc1. The van der Waals surface area contributed by atoms with Gasteiger partial charge in [-0.25, -0.2) is 4.21 Å². The number of nitrogens with zero attached hydrogens (tertiary/aromatic N) is 2. The molecule has 2 heterocycles. The Bertz CT molecular complexity index is 1010. The molecule has 0 spiro atoms. The van der Waals surface area contributed by atoms with Gasteiger partial charge in [0.1, 0.15) is 12.3 Å². The molecule has 4 rings (SSSR count). The summed E-state index contributed by atoms with van der Waals surface area (Å²) in [5.41, 5.74) is 3.90. The number of rotatable bonds is 5. The van der Waals surface area contributed by atoms with Crippen LogP contribution >= 0.6 is 0 Å². The van der Waals surface area contributed by atoms with Gasteiger partial charge >= 0.3 is 0 Å². The summed E-state index contributed by atoms with van der Waals surface area (Å²) in [5.74, 6) is 0. The Labute approximate surface area is 180 Å². The number of allylic oxidation sites excluding steroid dienone is 2. The smallest absolute Gasteiger partial charge is 0.188 e. The van der Waals surface area contributed by atoms with Gasteiger partial charge in [-0.3, -0.25) is 0 Å². The molecule has 1 fully saturated rings. The van der Waals surface area contributed by atoms with Crippen LogP contribution in [0.4, 0.5) is 11.4 Å². The van der Waals surface area contributed by atoms with Crippen LogP contribution in [-0.4, -0.2) is 40.7 Å². The Hall–Kier alpha value is -2.41. The molecule has 1 N–H and O–H groups in total. The van der Waals surface area contributed by atoms with E-state index in [1.807, 2.05) is 38.4 Å². The van der Waals surface area contributed by atoms with Crippen LogP contribution in [0.15, 0.2) is 65.6 Å². The lowest BCUT2D eigenvalue weighted by molar-refractivity contribution is 0.0648. The second-order valence-corrected chi connectivity index (χ2v) is 9.42. The predicted octanol–water partition coefficient (Wildman–Crippen LogP) is 4.47. The van der Waals surface area contributed by atoms with Gasteiger partial charge in [0.05, 0.1) is 16.1 Å². The first-order chi connectivity index (χ1) is 14.3. The standard InChI is InChI=1S/C24H28N2O3S/c1-24(2)21(11-6-5-8-17-12-14-19(15-13-17)25(3)4)29-22-16-18-9-7-10-20(30(27)28)23(18)26(22)24/h5-15,21-22H,16H2,1-4H3,(H,27,28). The zero-order chi connectivity index (χ0) is 21.5. The molecular formula is C24H28N2O3S. The number of hydrogen-bond donors (Lipinski definition) is 1. The Balaban J connectivity index is 1.50. The zero-order valence-corrected chi connectivity index (χ0v) is 18.6. The number of para-hydroxylation sites is 1. The van der Waals surface area contributed by atoms with Gasteiger partial charge in [-0.2, -0.15) is 0 Å². The molecule has 3 atom stereocenters. The van der Waals surface area contributed by atoms with Crippen molar-refractivity contribution in [3.05, 3.63) is 71.8 Å². The van der Waals surface area contributed by atoms with E-state index in [1.54, 1.807) is 6.07 Å². The van der Waals surface area contributed by atoms with Crippen LogP contribution in [0.3, 0.4) is 0 Å². The fourth-order valence-electron chi connectivity index (χ4n) is 4.31. The predicted molar refractivity (Wildman–Crippen MR) is 123 cm³/mol. The maximum atomic E-state index is 11.9. The molecule has 0 bridgehead atoms. The van der Waals surface area contributed by atoms with Gasteiger partial charge in [-0.1, -0.05) is 48.6 Å². The fourth-order valence-corrected chi connectivity index (χ4v) is 4.90. The average Bonchev–Trinajstić information content (AvgIpc) is 3.19. The van der Waals surface area contributed by atoms with Crippen molar-refractivity contribution in [2.24, 2.45) is 0 Å². The third-order valence-corrected chi connectivity index (χ3v) is 6.62. The first-order valence-corrected chi connectivity index (χ1v) is 11.2. The second kappa shape index (κ2) is 8.02. The fraction of sp³-hybridized carbons (Fsp3) is 0.333. The van der Waals surface area contributed by atoms with Gasteiger partial charge in [0.2, 0.25) is 0 Å². The minimum atomic E-state index is -2.03. The van der Waals surface area contributed by atoms with Crippen LogP contribution in [0.5, 0.6) is 0 Å². The summed E-state index contributed by atoms with van der Waals surface area (Å²) in [4.78, 5) is 4.71. The first-order valence-electron chi connectivity index (χ1n) is 10.1. The van der Waals surface area contributed by atoms with Crippen LogP contribution in [0.2, 0.25) is 0 Å². The van der Waals surface area contributed by atoms with Crippen molar-refractivity contribution in [2.45, 2.75) is 43.0 Å². The van der Waals surface area contributed by atoms with Gasteiger partial charge in [0.25, 0.3) is 0 Å². The molecule has 30 heavy (non-hydrogen) atoms. The summed E-state index contributed by atoms with van der Waals surface area (Å²) in [5, 5.41) is 0. The lowest BCUT2D eigenvalue weighted by Gasteiger charge is -2.34. The van der Waals surface area contributed by atoms with Crippen molar-refractivity contribution in [1.82, 2.24) is 0 Å². The zero-order valence-electron chi connectivity index (χ0n) is 17.8. The Morgan fingerprint density at radius 2 is 1.90 bits per heavy atom. The normalized spacial score (nSPS) is 23.2. The van der Waals surface area contributed by atoms with E-state index in [-0.39, 0.29) is 17.9 Å². The number of benzene rings is 2. The number of hydrogen-bond acceptors (Lipinski definition) is 4. The molecule has 0 aliphatic carbocycles. The lowest BCUT2D eigenvalue weighted by atomic mass is 9.95. The van der Waals surface area contributed by atoms with Gasteiger partial charge in [0.15, 0.2) is 11.1 Å². The number of fused-ring (bicyclic) bond motifs is 3. The van der Waals surface area contributed by atoms with Crippen LogP contribution < -0.4 is 9.80 Å². The van der Waals surface area contributed by atoms with Crippen molar-refractivity contribution in [3.8, 4) is 0 Å². The van der Waals surface area contributed by atoms with Crippen LogP contribution in [0.1, 0.15) is 25.0 Å². The molecule has 0 aromatic heterocycles. The lowest BCUT2D eigenvalue weighted by Crippen LogP contribution is -2.46. The Morgan fingerprint density at radius 1 is 1.17 bits per heavy atom. The Kier molecular flexibility index (Phi) is 5.57. The van der Waals surface area contributed by atoms with Gasteiger partial charge < -0.3 is 19.1 Å². The van der Waals surface area contributed by atoms with Gasteiger partial charge in [0, 0.05) is 26.2 Å². The minimum absolute atomic E-state index is 0.114. The van der Waals surface area contributed by atoms with Crippen molar-refractivity contribution in [1.29, 1.82) is 0 Å².